The van der Waals surface area contributed by atoms with Crippen LogP contribution in [0.15, 0.2) is 58.2 Å². The summed E-state index contributed by atoms with van der Waals surface area (Å²) in [5, 5.41) is 10.6. The Morgan fingerprint density at radius 1 is 1.15 bits per heavy atom. The molecule has 0 bridgehead atoms. The summed E-state index contributed by atoms with van der Waals surface area (Å²) in [5.74, 6) is 1.84. The molecule has 27 heavy (non-hydrogen) atoms. The molecule has 140 valence electrons. The van der Waals surface area contributed by atoms with E-state index in [1.54, 1.807) is 6.20 Å². The molecule has 0 radical (unpaired) electrons. The van der Waals surface area contributed by atoms with E-state index in [1.807, 2.05) is 25.1 Å². The quantitative estimate of drug-likeness (QED) is 0.495. The van der Waals surface area contributed by atoms with Crippen molar-refractivity contribution in [1.82, 2.24) is 25.8 Å². The minimum absolute atomic E-state index is 0.436. The SMILES string of the molecule is CCNC(=NCc1cccc(C)c1)NCCc1noc(-c2ccccn2)n1. The summed E-state index contributed by atoms with van der Waals surface area (Å²) in [6.45, 7) is 6.21. The van der Waals surface area contributed by atoms with Gasteiger partial charge in [-0.1, -0.05) is 41.1 Å². The summed E-state index contributed by atoms with van der Waals surface area (Å²) >= 11 is 0. The maximum absolute atomic E-state index is 5.28. The molecule has 3 rings (SSSR count). The van der Waals surface area contributed by atoms with E-state index in [1.165, 1.54) is 11.1 Å². The second kappa shape index (κ2) is 9.47. The van der Waals surface area contributed by atoms with Crippen molar-refractivity contribution in [3.05, 3.63) is 65.6 Å². The van der Waals surface area contributed by atoms with Crippen molar-refractivity contribution in [3.8, 4) is 11.6 Å². The van der Waals surface area contributed by atoms with E-state index in [0.717, 1.165) is 12.5 Å². The lowest BCUT2D eigenvalue weighted by atomic mass is 10.1. The van der Waals surface area contributed by atoms with Crippen molar-refractivity contribution < 1.29 is 4.52 Å². The minimum Gasteiger partial charge on any atom is -0.357 e. The molecular weight excluding hydrogens is 340 g/mol. The van der Waals surface area contributed by atoms with Crippen LogP contribution in [0.1, 0.15) is 23.9 Å². The standard InChI is InChI=1S/C20H24N6O/c1-3-21-20(24-14-16-8-6-7-15(2)13-16)23-12-10-18-25-19(27-26-18)17-9-4-5-11-22-17/h4-9,11,13H,3,10,12,14H2,1-2H3,(H2,21,23,24). The number of benzene rings is 1. The number of aliphatic imine (C=N–C) groups is 1. The third-order valence-corrected chi connectivity index (χ3v) is 3.84. The van der Waals surface area contributed by atoms with Gasteiger partial charge in [0.2, 0.25) is 0 Å². The van der Waals surface area contributed by atoms with Gasteiger partial charge in [0.1, 0.15) is 5.69 Å². The summed E-state index contributed by atoms with van der Waals surface area (Å²) in [4.78, 5) is 13.2. The highest BCUT2D eigenvalue weighted by Gasteiger charge is 2.09. The molecule has 0 unspecified atom stereocenters. The van der Waals surface area contributed by atoms with Gasteiger partial charge < -0.3 is 15.2 Å². The molecule has 0 aliphatic rings. The second-order valence-corrected chi connectivity index (χ2v) is 6.09. The molecule has 7 nitrogen and oxygen atoms in total. The van der Waals surface area contributed by atoms with Gasteiger partial charge in [-0.2, -0.15) is 4.98 Å². The number of hydrogen-bond acceptors (Lipinski definition) is 5. The number of aryl methyl sites for hydroxylation is 1. The smallest absolute Gasteiger partial charge is 0.276 e. The Morgan fingerprint density at radius 2 is 2.07 bits per heavy atom. The maximum Gasteiger partial charge on any atom is 0.276 e. The molecule has 2 aromatic heterocycles. The molecule has 0 amide bonds. The fourth-order valence-electron chi connectivity index (χ4n) is 2.56. The van der Waals surface area contributed by atoms with Crippen molar-refractivity contribution in [1.29, 1.82) is 0 Å². The summed E-state index contributed by atoms with van der Waals surface area (Å²) in [6, 6.07) is 13.9. The Hall–Kier alpha value is -3.22. The number of hydrogen-bond donors (Lipinski definition) is 2. The van der Waals surface area contributed by atoms with Gasteiger partial charge in [-0.05, 0) is 31.5 Å². The van der Waals surface area contributed by atoms with E-state index < -0.39 is 0 Å². The predicted octanol–water partition coefficient (Wildman–Crippen LogP) is 2.74. The first kappa shape index (κ1) is 18.6. The summed E-state index contributed by atoms with van der Waals surface area (Å²) in [7, 11) is 0. The molecule has 3 aromatic rings. The molecule has 1 aromatic carbocycles. The molecule has 2 N–H and O–H groups in total. The Kier molecular flexibility index (Phi) is 6.51. The number of guanidine groups is 1. The van der Waals surface area contributed by atoms with E-state index in [0.29, 0.717) is 36.9 Å². The largest absolute Gasteiger partial charge is 0.357 e. The van der Waals surface area contributed by atoms with Crippen LogP contribution in [-0.2, 0) is 13.0 Å². The van der Waals surface area contributed by atoms with Crippen LogP contribution in [0.5, 0.6) is 0 Å². The van der Waals surface area contributed by atoms with E-state index in [4.69, 9.17) is 4.52 Å². The molecular formula is C20H24N6O. The van der Waals surface area contributed by atoms with Crippen molar-refractivity contribution >= 4 is 5.96 Å². The topological polar surface area (TPSA) is 88.2 Å². The Morgan fingerprint density at radius 3 is 2.85 bits per heavy atom. The van der Waals surface area contributed by atoms with E-state index in [9.17, 15) is 0 Å². The zero-order valence-corrected chi connectivity index (χ0v) is 15.6. The Labute approximate surface area is 158 Å². The third kappa shape index (κ3) is 5.64. The van der Waals surface area contributed by atoms with Gasteiger partial charge in [0, 0.05) is 25.7 Å². The fourth-order valence-corrected chi connectivity index (χ4v) is 2.56. The predicted molar refractivity (Wildman–Crippen MR) is 105 cm³/mol. The average Bonchev–Trinajstić information content (AvgIpc) is 3.16. The van der Waals surface area contributed by atoms with Crippen LogP contribution in [0.3, 0.4) is 0 Å². The van der Waals surface area contributed by atoms with Gasteiger partial charge in [0.15, 0.2) is 11.8 Å². The average molecular weight is 364 g/mol. The first-order valence-electron chi connectivity index (χ1n) is 9.06. The molecule has 0 saturated carbocycles. The van der Waals surface area contributed by atoms with Crippen LogP contribution in [0.2, 0.25) is 0 Å². The summed E-state index contributed by atoms with van der Waals surface area (Å²) in [6.07, 6.45) is 2.33. The lowest BCUT2D eigenvalue weighted by Gasteiger charge is -2.10. The monoisotopic (exact) mass is 364 g/mol. The van der Waals surface area contributed by atoms with Crippen molar-refractivity contribution in [2.45, 2.75) is 26.8 Å². The van der Waals surface area contributed by atoms with Crippen molar-refractivity contribution in [2.75, 3.05) is 13.1 Å². The maximum atomic E-state index is 5.28. The number of pyridine rings is 1. The van der Waals surface area contributed by atoms with Gasteiger partial charge >= 0.3 is 0 Å². The molecule has 7 heteroatoms. The van der Waals surface area contributed by atoms with Crippen molar-refractivity contribution in [2.24, 2.45) is 4.99 Å². The van der Waals surface area contributed by atoms with E-state index >= 15 is 0 Å². The van der Waals surface area contributed by atoms with Crippen molar-refractivity contribution in [3.63, 3.8) is 0 Å². The summed E-state index contributed by atoms with van der Waals surface area (Å²) < 4.78 is 5.28. The van der Waals surface area contributed by atoms with Crippen LogP contribution >= 0.6 is 0 Å². The molecule has 0 saturated heterocycles. The number of nitrogens with one attached hydrogen (secondary N) is 2. The fraction of sp³-hybridized carbons (Fsp3) is 0.300. The van der Waals surface area contributed by atoms with Gasteiger partial charge in [-0.15, -0.1) is 0 Å². The van der Waals surface area contributed by atoms with E-state index in [-0.39, 0.29) is 0 Å². The lowest BCUT2D eigenvalue weighted by molar-refractivity contribution is 0.421. The minimum atomic E-state index is 0.436. The molecule has 2 heterocycles. The van der Waals surface area contributed by atoms with E-state index in [2.05, 4.69) is 61.9 Å². The Balaban J connectivity index is 1.54. The van der Waals surface area contributed by atoms with Crippen LogP contribution in [0, 0.1) is 6.92 Å². The highest BCUT2D eigenvalue weighted by atomic mass is 16.5. The first-order chi connectivity index (χ1) is 13.2. The van der Waals surface area contributed by atoms with Crippen LogP contribution in [0.25, 0.3) is 11.6 Å². The molecule has 0 spiro atoms. The van der Waals surface area contributed by atoms with Crippen LogP contribution < -0.4 is 10.6 Å². The van der Waals surface area contributed by atoms with Gasteiger partial charge in [0.25, 0.3) is 5.89 Å². The van der Waals surface area contributed by atoms with Crippen LogP contribution in [-0.4, -0.2) is 34.2 Å². The number of rotatable bonds is 7. The molecule has 0 aliphatic carbocycles. The molecule has 0 atom stereocenters. The number of nitrogens with zero attached hydrogens (tertiary/aromatic N) is 4. The first-order valence-corrected chi connectivity index (χ1v) is 9.06. The zero-order chi connectivity index (χ0) is 18.9. The highest BCUT2D eigenvalue weighted by Crippen LogP contribution is 2.13. The third-order valence-electron chi connectivity index (χ3n) is 3.84. The second-order valence-electron chi connectivity index (χ2n) is 6.09. The van der Waals surface area contributed by atoms with Crippen LogP contribution in [0.4, 0.5) is 0 Å². The molecule has 0 fully saturated rings. The van der Waals surface area contributed by atoms with Gasteiger partial charge in [0.05, 0.1) is 6.54 Å². The lowest BCUT2D eigenvalue weighted by Crippen LogP contribution is -2.38. The Bertz CT molecular complexity index is 875. The molecule has 0 aliphatic heterocycles. The highest BCUT2D eigenvalue weighted by molar-refractivity contribution is 5.79. The number of aromatic nitrogens is 3. The normalized spacial score (nSPS) is 11.4. The zero-order valence-electron chi connectivity index (χ0n) is 15.6. The van der Waals surface area contributed by atoms with Gasteiger partial charge in [-0.3, -0.25) is 4.98 Å². The summed E-state index contributed by atoms with van der Waals surface area (Å²) in [5.41, 5.74) is 3.10. The van der Waals surface area contributed by atoms with Gasteiger partial charge in [-0.25, -0.2) is 4.99 Å².